The predicted octanol–water partition coefficient (Wildman–Crippen LogP) is 2.58. The number of carbonyl (C=O) groups excluding carboxylic acids is 1. The molecular formula is C20H19N5O3. The number of hydrogen-bond donors (Lipinski definition) is 1. The van der Waals surface area contributed by atoms with Gasteiger partial charge in [0.05, 0.1) is 12.0 Å². The topological polar surface area (TPSA) is 109 Å². The third-order valence-corrected chi connectivity index (χ3v) is 4.81. The fourth-order valence-electron chi connectivity index (χ4n) is 3.23. The molecule has 0 bridgehead atoms. The Hall–Kier alpha value is -3.68. The van der Waals surface area contributed by atoms with Crippen LogP contribution in [0.5, 0.6) is 0 Å². The molecule has 2 N–H and O–H groups in total. The molecule has 0 aliphatic carbocycles. The standard InChI is InChI=1S/C20H19N5O3/c1-4-24-16-15(17(21)26)22-18(14-6-5-9-28-14)23-19(16)25(20(24)27)13-8-7-11(2)12(3)10-13/h5-10H,4H2,1-3H3,(H2,21,26). The van der Waals surface area contributed by atoms with E-state index in [0.717, 1.165) is 11.1 Å². The number of furan rings is 1. The number of nitrogens with two attached hydrogens (primary N) is 1. The number of carbonyl (C=O) groups is 1. The van der Waals surface area contributed by atoms with Gasteiger partial charge in [0.25, 0.3) is 5.91 Å². The van der Waals surface area contributed by atoms with Gasteiger partial charge >= 0.3 is 5.69 Å². The van der Waals surface area contributed by atoms with Crippen molar-refractivity contribution < 1.29 is 9.21 Å². The van der Waals surface area contributed by atoms with E-state index in [0.29, 0.717) is 29.2 Å². The maximum Gasteiger partial charge on any atom is 0.335 e. The van der Waals surface area contributed by atoms with Gasteiger partial charge in [-0.3, -0.25) is 9.36 Å². The highest BCUT2D eigenvalue weighted by Gasteiger charge is 2.24. The second kappa shape index (κ2) is 6.49. The maximum atomic E-state index is 13.2. The first-order valence-corrected chi connectivity index (χ1v) is 8.87. The number of benzene rings is 1. The van der Waals surface area contributed by atoms with Gasteiger partial charge in [0.1, 0.15) is 5.52 Å². The summed E-state index contributed by atoms with van der Waals surface area (Å²) < 4.78 is 8.31. The quantitative estimate of drug-likeness (QED) is 0.588. The number of imidazole rings is 1. The lowest BCUT2D eigenvalue weighted by Gasteiger charge is -2.07. The maximum absolute atomic E-state index is 13.2. The summed E-state index contributed by atoms with van der Waals surface area (Å²) in [5.74, 6) is -0.162. The molecule has 3 aromatic heterocycles. The molecule has 0 spiro atoms. The van der Waals surface area contributed by atoms with Crippen LogP contribution in [0.4, 0.5) is 0 Å². The van der Waals surface area contributed by atoms with Crippen LogP contribution in [0.1, 0.15) is 28.5 Å². The van der Waals surface area contributed by atoms with E-state index in [1.807, 2.05) is 39.0 Å². The van der Waals surface area contributed by atoms with Crippen molar-refractivity contribution in [1.82, 2.24) is 19.1 Å². The second-order valence-electron chi connectivity index (χ2n) is 6.54. The Bertz CT molecular complexity index is 1270. The first-order valence-electron chi connectivity index (χ1n) is 8.87. The zero-order valence-electron chi connectivity index (χ0n) is 15.8. The number of hydrogen-bond acceptors (Lipinski definition) is 5. The van der Waals surface area contributed by atoms with E-state index in [1.165, 1.54) is 15.4 Å². The smallest absolute Gasteiger partial charge is 0.335 e. The molecule has 142 valence electrons. The third kappa shape index (κ3) is 2.61. The molecule has 1 aromatic carbocycles. The molecule has 0 atom stereocenters. The van der Waals surface area contributed by atoms with Gasteiger partial charge in [-0.2, -0.15) is 0 Å². The molecule has 4 aromatic rings. The van der Waals surface area contributed by atoms with Crippen LogP contribution in [0.15, 0.2) is 45.8 Å². The summed E-state index contributed by atoms with van der Waals surface area (Å²) in [5, 5.41) is 0. The summed E-state index contributed by atoms with van der Waals surface area (Å²) in [4.78, 5) is 34.1. The van der Waals surface area contributed by atoms with E-state index < -0.39 is 5.91 Å². The van der Waals surface area contributed by atoms with Crippen molar-refractivity contribution in [1.29, 1.82) is 0 Å². The van der Waals surface area contributed by atoms with Crippen molar-refractivity contribution in [3.8, 4) is 17.3 Å². The van der Waals surface area contributed by atoms with Crippen LogP contribution >= 0.6 is 0 Å². The van der Waals surface area contributed by atoms with Crippen LogP contribution in [0, 0.1) is 13.8 Å². The zero-order chi connectivity index (χ0) is 20.0. The first-order chi connectivity index (χ1) is 13.4. The van der Waals surface area contributed by atoms with Crippen LogP contribution in [-0.2, 0) is 6.54 Å². The summed E-state index contributed by atoms with van der Waals surface area (Å²) in [5.41, 5.74) is 8.69. The van der Waals surface area contributed by atoms with Crippen molar-refractivity contribution in [3.63, 3.8) is 0 Å². The van der Waals surface area contributed by atoms with Gasteiger partial charge < -0.3 is 10.2 Å². The molecule has 0 aliphatic heterocycles. The normalized spacial score (nSPS) is 11.2. The molecule has 0 saturated carbocycles. The van der Waals surface area contributed by atoms with Crippen LogP contribution < -0.4 is 11.4 Å². The largest absolute Gasteiger partial charge is 0.461 e. The van der Waals surface area contributed by atoms with E-state index in [1.54, 1.807) is 12.1 Å². The number of fused-ring (bicyclic) bond motifs is 1. The van der Waals surface area contributed by atoms with Crippen molar-refractivity contribution >= 4 is 17.1 Å². The van der Waals surface area contributed by atoms with Gasteiger partial charge in [0.15, 0.2) is 22.9 Å². The highest BCUT2D eigenvalue weighted by atomic mass is 16.3. The van der Waals surface area contributed by atoms with E-state index in [4.69, 9.17) is 10.2 Å². The van der Waals surface area contributed by atoms with Gasteiger partial charge in [0, 0.05) is 6.54 Å². The Morgan fingerprint density at radius 2 is 1.96 bits per heavy atom. The summed E-state index contributed by atoms with van der Waals surface area (Å²) >= 11 is 0. The SMILES string of the molecule is CCn1c(=O)n(-c2ccc(C)c(C)c2)c2nc(-c3ccco3)nc(C(N)=O)c21. The molecule has 3 heterocycles. The fraction of sp³-hybridized carbons (Fsp3) is 0.200. The lowest BCUT2D eigenvalue weighted by atomic mass is 10.1. The molecule has 0 fully saturated rings. The van der Waals surface area contributed by atoms with Crippen LogP contribution in [0.2, 0.25) is 0 Å². The minimum Gasteiger partial charge on any atom is -0.461 e. The number of primary amides is 1. The molecule has 0 radical (unpaired) electrons. The fourth-order valence-corrected chi connectivity index (χ4v) is 3.23. The number of rotatable bonds is 4. The molecule has 8 nitrogen and oxygen atoms in total. The minimum atomic E-state index is -0.736. The van der Waals surface area contributed by atoms with Crippen LogP contribution in [0.25, 0.3) is 28.4 Å². The second-order valence-corrected chi connectivity index (χ2v) is 6.54. The summed E-state index contributed by atoms with van der Waals surface area (Å²) in [6.45, 7) is 6.13. The van der Waals surface area contributed by atoms with Crippen molar-refractivity contribution in [2.24, 2.45) is 5.73 Å². The average Bonchev–Trinajstić information content (AvgIpc) is 3.29. The van der Waals surface area contributed by atoms with Crippen molar-refractivity contribution in [3.05, 3.63) is 63.9 Å². The number of nitrogens with zero attached hydrogens (tertiary/aromatic N) is 4. The summed E-state index contributed by atoms with van der Waals surface area (Å²) in [7, 11) is 0. The molecule has 1 amide bonds. The minimum absolute atomic E-state index is 0.0158. The zero-order valence-corrected chi connectivity index (χ0v) is 15.8. The number of aryl methyl sites for hydroxylation is 3. The van der Waals surface area contributed by atoms with Crippen molar-refractivity contribution in [2.45, 2.75) is 27.3 Å². The highest BCUT2D eigenvalue weighted by Crippen LogP contribution is 2.24. The summed E-state index contributed by atoms with van der Waals surface area (Å²) in [6, 6.07) is 9.08. The van der Waals surface area contributed by atoms with Crippen LogP contribution in [-0.4, -0.2) is 25.0 Å². The number of amides is 1. The van der Waals surface area contributed by atoms with Gasteiger partial charge in [-0.15, -0.1) is 0 Å². The Morgan fingerprint density at radius 3 is 2.57 bits per heavy atom. The van der Waals surface area contributed by atoms with Gasteiger partial charge in [-0.25, -0.2) is 19.3 Å². The van der Waals surface area contributed by atoms with Crippen LogP contribution in [0.3, 0.4) is 0 Å². The average molecular weight is 377 g/mol. The molecule has 0 unspecified atom stereocenters. The Morgan fingerprint density at radius 1 is 1.18 bits per heavy atom. The molecular weight excluding hydrogens is 358 g/mol. The predicted molar refractivity (Wildman–Crippen MR) is 104 cm³/mol. The lowest BCUT2D eigenvalue weighted by Crippen LogP contribution is -2.23. The van der Waals surface area contributed by atoms with Gasteiger partial charge in [-0.05, 0) is 56.2 Å². The summed E-state index contributed by atoms with van der Waals surface area (Å²) in [6.07, 6.45) is 1.49. The monoisotopic (exact) mass is 377 g/mol. The molecule has 0 aliphatic rings. The molecule has 4 rings (SSSR count). The van der Waals surface area contributed by atoms with E-state index in [-0.39, 0.29) is 17.2 Å². The molecule has 0 saturated heterocycles. The Balaban J connectivity index is 2.15. The van der Waals surface area contributed by atoms with E-state index in [9.17, 15) is 9.59 Å². The Labute approximate surface area is 160 Å². The molecule has 28 heavy (non-hydrogen) atoms. The third-order valence-electron chi connectivity index (χ3n) is 4.81. The van der Waals surface area contributed by atoms with Crippen molar-refractivity contribution in [2.75, 3.05) is 0 Å². The number of aromatic nitrogens is 4. The van der Waals surface area contributed by atoms with E-state index >= 15 is 0 Å². The van der Waals surface area contributed by atoms with Gasteiger partial charge in [0.2, 0.25) is 0 Å². The Kier molecular flexibility index (Phi) is 4.11. The van der Waals surface area contributed by atoms with Gasteiger partial charge in [-0.1, -0.05) is 6.07 Å². The molecule has 8 heteroatoms. The first kappa shape index (κ1) is 17.7. The highest BCUT2D eigenvalue weighted by molar-refractivity contribution is 6.02. The van der Waals surface area contributed by atoms with E-state index in [2.05, 4.69) is 9.97 Å². The lowest BCUT2D eigenvalue weighted by molar-refractivity contribution is 0.0997.